The Morgan fingerprint density at radius 3 is 2.22 bits per heavy atom. The lowest BCUT2D eigenvalue weighted by atomic mass is 9.85. The molecule has 27 heavy (non-hydrogen) atoms. The highest BCUT2D eigenvalue weighted by Crippen LogP contribution is 2.48. The van der Waals surface area contributed by atoms with E-state index < -0.39 is 11.5 Å². The first-order valence-corrected chi connectivity index (χ1v) is 8.88. The van der Waals surface area contributed by atoms with E-state index in [2.05, 4.69) is 0 Å². The van der Waals surface area contributed by atoms with Crippen LogP contribution in [0.15, 0.2) is 60.7 Å². The minimum atomic E-state index is -1.80. The highest BCUT2D eigenvalue weighted by molar-refractivity contribution is 6.13. The van der Waals surface area contributed by atoms with Crippen LogP contribution < -0.4 is 4.90 Å². The van der Waals surface area contributed by atoms with Crippen LogP contribution in [0, 0.1) is 20.8 Å². The van der Waals surface area contributed by atoms with E-state index in [9.17, 15) is 15.0 Å². The van der Waals surface area contributed by atoms with Crippen LogP contribution in [0.4, 0.5) is 11.4 Å². The lowest BCUT2D eigenvalue weighted by molar-refractivity contribution is -0.131. The van der Waals surface area contributed by atoms with Crippen LogP contribution >= 0.6 is 0 Å². The standard InChI is InChI=1S/C23H21NO3/c1-14-7-6-8-18(11-14)24-20-10-5-4-9-19(20)23(27,22(24)26)17-12-15(2)21(25)16(3)13-17/h4-13,25,27H,1-3H3. The van der Waals surface area contributed by atoms with Gasteiger partial charge in [0.05, 0.1) is 5.69 Å². The van der Waals surface area contributed by atoms with Gasteiger partial charge in [-0.2, -0.15) is 0 Å². The number of nitrogens with zero attached hydrogens (tertiary/aromatic N) is 1. The fourth-order valence-electron chi connectivity index (χ4n) is 3.83. The second-order valence-electron chi connectivity index (χ2n) is 7.17. The van der Waals surface area contributed by atoms with Crippen LogP contribution in [0.5, 0.6) is 5.75 Å². The van der Waals surface area contributed by atoms with Gasteiger partial charge in [-0.3, -0.25) is 9.69 Å². The monoisotopic (exact) mass is 359 g/mol. The van der Waals surface area contributed by atoms with Gasteiger partial charge in [0.1, 0.15) is 5.75 Å². The van der Waals surface area contributed by atoms with Crippen molar-refractivity contribution >= 4 is 17.3 Å². The Labute approximate surface area is 158 Å². The zero-order chi connectivity index (χ0) is 19.3. The van der Waals surface area contributed by atoms with Crippen molar-refractivity contribution in [2.45, 2.75) is 26.4 Å². The fourth-order valence-corrected chi connectivity index (χ4v) is 3.83. The molecule has 136 valence electrons. The molecule has 1 amide bonds. The number of phenolic OH excluding ortho intramolecular Hbond substituents is 1. The minimum Gasteiger partial charge on any atom is -0.507 e. The minimum absolute atomic E-state index is 0.177. The molecule has 3 aromatic rings. The highest BCUT2D eigenvalue weighted by Gasteiger charge is 2.51. The molecular weight excluding hydrogens is 338 g/mol. The van der Waals surface area contributed by atoms with E-state index in [1.165, 1.54) is 0 Å². The van der Waals surface area contributed by atoms with Gasteiger partial charge in [-0.15, -0.1) is 0 Å². The Balaban J connectivity index is 1.97. The maximum atomic E-state index is 13.5. The second-order valence-corrected chi connectivity index (χ2v) is 7.17. The number of hydrogen-bond acceptors (Lipinski definition) is 3. The summed E-state index contributed by atoms with van der Waals surface area (Å²) in [5.41, 5.74) is 2.86. The molecule has 0 radical (unpaired) electrons. The number of anilines is 2. The molecule has 2 N–H and O–H groups in total. The van der Waals surface area contributed by atoms with Gasteiger partial charge in [0.2, 0.25) is 0 Å². The van der Waals surface area contributed by atoms with Crippen molar-refractivity contribution in [3.05, 3.63) is 88.5 Å². The number of para-hydroxylation sites is 1. The SMILES string of the molecule is Cc1cccc(N2C(=O)C(O)(c3cc(C)c(O)c(C)c3)c3ccccc32)c1. The Bertz CT molecular complexity index is 1050. The molecule has 0 saturated carbocycles. The number of phenols is 1. The molecular formula is C23H21NO3. The summed E-state index contributed by atoms with van der Waals surface area (Å²) in [5, 5.41) is 21.8. The molecule has 0 spiro atoms. The van der Waals surface area contributed by atoms with Crippen LogP contribution in [0.25, 0.3) is 0 Å². The van der Waals surface area contributed by atoms with Gasteiger partial charge in [-0.25, -0.2) is 0 Å². The first-order valence-electron chi connectivity index (χ1n) is 8.88. The summed E-state index contributed by atoms with van der Waals surface area (Å²) in [7, 11) is 0. The Morgan fingerprint density at radius 1 is 0.889 bits per heavy atom. The second kappa shape index (κ2) is 5.96. The highest BCUT2D eigenvalue weighted by atomic mass is 16.3. The van der Waals surface area contributed by atoms with E-state index in [1.54, 1.807) is 36.9 Å². The van der Waals surface area contributed by atoms with Gasteiger partial charge in [0.15, 0.2) is 5.60 Å². The zero-order valence-electron chi connectivity index (χ0n) is 15.5. The summed E-state index contributed by atoms with van der Waals surface area (Å²) in [5.74, 6) is -0.240. The predicted molar refractivity (Wildman–Crippen MR) is 105 cm³/mol. The summed E-state index contributed by atoms with van der Waals surface area (Å²) in [6, 6.07) is 18.3. The third-order valence-electron chi connectivity index (χ3n) is 5.22. The molecule has 3 aromatic carbocycles. The van der Waals surface area contributed by atoms with E-state index >= 15 is 0 Å². The quantitative estimate of drug-likeness (QED) is 0.720. The number of rotatable bonds is 2. The summed E-state index contributed by atoms with van der Waals surface area (Å²) < 4.78 is 0. The number of carbonyl (C=O) groups is 1. The van der Waals surface area contributed by atoms with E-state index in [1.807, 2.05) is 49.4 Å². The van der Waals surface area contributed by atoms with Gasteiger partial charge in [0.25, 0.3) is 5.91 Å². The van der Waals surface area contributed by atoms with Crippen molar-refractivity contribution < 1.29 is 15.0 Å². The van der Waals surface area contributed by atoms with E-state index in [0.29, 0.717) is 27.9 Å². The molecule has 4 nitrogen and oxygen atoms in total. The largest absolute Gasteiger partial charge is 0.507 e. The molecule has 0 saturated heterocycles. The summed E-state index contributed by atoms with van der Waals surface area (Å²) >= 11 is 0. The van der Waals surface area contributed by atoms with Crippen molar-refractivity contribution in [2.75, 3.05) is 4.90 Å². The topological polar surface area (TPSA) is 60.8 Å². The average molecular weight is 359 g/mol. The molecule has 0 aliphatic carbocycles. The first kappa shape index (κ1) is 17.3. The number of aromatic hydroxyl groups is 1. The summed E-state index contributed by atoms with van der Waals surface area (Å²) in [6.45, 7) is 5.49. The Kier molecular flexibility index (Phi) is 3.82. The molecule has 0 bridgehead atoms. The van der Waals surface area contributed by atoms with Crippen LogP contribution in [0.3, 0.4) is 0 Å². The van der Waals surface area contributed by atoms with Crippen molar-refractivity contribution in [3.63, 3.8) is 0 Å². The van der Waals surface area contributed by atoms with Crippen molar-refractivity contribution in [1.82, 2.24) is 0 Å². The number of hydrogen-bond donors (Lipinski definition) is 2. The Hall–Kier alpha value is -3.11. The molecule has 1 unspecified atom stereocenters. The number of carbonyl (C=O) groups excluding carboxylic acids is 1. The van der Waals surface area contributed by atoms with Crippen LogP contribution in [-0.2, 0) is 10.4 Å². The molecule has 1 aliphatic rings. The molecule has 1 heterocycles. The Morgan fingerprint density at radius 2 is 1.56 bits per heavy atom. The molecule has 1 atom stereocenters. The van der Waals surface area contributed by atoms with Crippen LogP contribution in [0.1, 0.15) is 27.8 Å². The predicted octanol–water partition coefficient (Wildman–Crippen LogP) is 4.23. The van der Waals surface area contributed by atoms with Crippen molar-refractivity contribution in [3.8, 4) is 5.75 Å². The van der Waals surface area contributed by atoms with E-state index in [4.69, 9.17) is 0 Å². The molecule has 1 aliphatic heterocycles. The number of fused-ring (bicyclic) bond motifs is 1. The molecule has 4 heteroatoms. The number of aliphatic hydroxyl groups is 1. The van der Waals surface area contributed by atoms with Gasteiger partial charge in [-0.1, -0.05) is 30.3 Å². The van der Waals surface area contributed by atoms with E-state index in [0.717, 1.165) is 11.3 Å². The normalized spacial score (nSPS) is 18.7. The molecule has 4 rings (SSSR count). The first-order chi connectivity index (χ1) is 12.8. The maximum Gasteiger partial charge on any atom is 0.273 e. The lowest BCUT2D eigenvalue weighted by Crippen LogP contribution is -2.39. The van der Waals surface area contributed by atoms with Gasteiger partial charge < -0.3 is 10.2 Å². The van der Waals surface area contributed by atoms with Gasteiger partial charge in [0, 0.05) is 11.3 Å². The number of aryl methyl sites for hydroxylation is 3. The lowest BCUT2D eigenvalue weighted by Gasteiger charge is -2.25. The maximum absolute atomic E-state index is 13.5. The zero-order valence-corrected chi connectivity index (χ0v) is 15.5. The van der Waals surface area contributed by atoms with Crippen molar-refractivity contribution in [1.29, 1.82) is 0 Å². The van der Waals surface area contributed by atoms with Gasteiger partial charge in [-0.05, 0) is 73.4 Å². The third kappa shape index (κ3) is 2.45. The fraction of sp³-hybridized carbons (Fsp3) is 0.174. The van der Waals surface area contributed by atoms with E-state index in [-0.39, 0.29) is 5.75 Å². The van der Waals surface area contributed by atoms with Gasteiger partial charge >= 0.3 is 0 Å². The van der Waals surface area contributed by atoms with Crippen LogP contribution in [0.2, 0.25) is 0 Å². The molecule has 0 aromatic heterocycles. The van der Waals surface area contributed by atoms with Crippen molar-refractivity contribution in [2.24, 2.45) is 0 Å². The molecule has 0 fully saturated rings. The number of amides is 1. The average Bonchev–Trinajstić information content (AvgIpc) is 2.88. The number of benzene rings is 3. The van der Waals surface area contributed by atoms with Crippen LogP contribution in [-0.4, -0.2) is 16.1 Å². The summed E-state index contributed by atoms with van der Waals surface area (Å²) in [6.07, 6.45) is 0. The summed E-state index contributed by atoms with van der Waals surface area (Å²) in [4.78, 5) is 15.1. The third-order valence-corrected chi connectivity index (χ3v) is 5.22. The smallest absolute Gasteiger partial charge is 0.273 e.